The monoisotopic (exact) mass is 306 g/mol. The highest BCUT2D eigenvalue weighted by Gasteiger charge is 2.19. The fraction of sp³-hybridized carbons (Fsp3) is 0.750. The third-order valence-electron chi connectivity index (χ3n) is 4.56. The van der Waals surface area contributed by atoms with E-state index in [4.69, 9.17) is 4.74 Å². The van der Waals surface area contributed by atoms with Crippen LogP contribution < -0.4 is 0 Å². The van der Waals surface area contributed by atoms with E-state index in [1.165, 1.54) is 51.4 Å². The molecule has 126 valence electrons. The number of esters is 1. The highest BCUT2D eigenvalue weighted by Crippen LogP contribution is 2.32. The van der Waals surface area contributed by atoms with Crippen LogP contribution in [0.4, 0.5) is 0 Å². The molecule has 2 heteroatoms. The van der Waals surface area contributed by atoms with Gasteiger partial charge in [0.2, 0.25) is 0 Å². The van der Waals surface area contributed by atoms with E-state index < -0.39 is 0 Å². The van der Waals surface area contributed by atoms with Crippen LogP contribution in [-0.2, 0) is 9.53 Å². The molecule has 1 aliphatic rings. The molecule has 0 aromatic rings. The summed E-state index contributed by atoms with van der Waals surface area (Å²) >= 11 is 0. The van der Waals surface area contributed by atoms with Gasteiger partial charge in [-0.25, -0.2) is 0 Å². The molecule has 0 aromatic carbocycles. The van der Waals surface area contributed by atoms with Crippen LogP contribution in [0.5, 0.6) is 0 Å². The molecule has 1 rings (SSSR count). The lowest BCUT2D eigenvalue weighted by Gasteiger charge is -2.03. The van der Waals surface area contributed by atoms with E-state index in [-0.39, 0.29) is 5.97 Å². The Kier molecular flexibility index (Phi) is 10.8. The largest absolute Gasteiger partial charge is 0.466 e. The number of carbonyl (C=O) groups excluding carboxylic acids is 1. The van der Waals surface area contributed by atoms with Crippen molar-refractivity contribution in [2.24, 2.45) is 11.8 Å². The van der Waals surface area contributed by atoms with Crippen LogP contribution >= 0.6 is 0 Å². The van der Waals surface area contributed by atoms with Crippen LogP contribution in [0.15, 0.2) is 24.8 Å². The van der Waals surface area contributed by atoms with Crippen LogP contribution in [0, 0.1) is 11.8 Å². The van der Waals surface area contributed by atoms with Crippen LogP contribution in [0.1, 0.15) is 77.6 Å². The summed E-state index contributed by atoms with van der Waals surface area (Å²) in [4.78, 5) is 11.2. The topological polar surface area (TPSA) is 26.3 Å². The molecule has 2 unspecified atom stereocenters. The molecule has 0 aromatic heterocycles. The normalized spacial score (nSPS) is 21.3. The summed E-state index contributed by atoms with van der Waals surface area (Å²) in [6.07, 6.45) is 20.0. The van der Waals surface area contributed by atoms with E-state index in [9.17, 15) is 4.79 Å². The van der Waals surface area contributed by atoms with Gasteiger partial charge in [-0.05, 0) is 57.3 Å². The van der Waals surface area contributed by atoms with E-state index in [1.54, 1.807) is 0 Å². The molecule has 0 N–H and O–H groups in total. The lowest BCUT2D eigenvalue weighted by molar-refractivity contribution is -0.143. The Morgan fingerprint density at radius 1 is 1.09 bits per heavy atom. The second-order valence-electron chi connectivity index (χ2n) is 6.46. The lowest BCUT2D eigenvalue weighted by atomic mass is 10.0. The van der Waals surface area contributed by atoms with Crippen molar-refractivity contribution in [1.29, 1.82) is 0 Å². The summed E-state index contributed by atoms with van der Waals surface area (Å²) in [5.74, 6) is 1.51. The number of rotatable bonds is 12. The molecular formula is C20H34O2. The van der Waals surface area contributed by atoms with E-state index in [1.807, 2.05) is 6.92 Å². The SMILES string of the molecule is C=CC1CCC(/C=C\CCCCCCCCC(=O)OCC)C1. The Balaban J connectivity index is 1.85. The van der Waals surface area contributed by atoms with Gasteiger partial charge >= 0.3 is 5.97 Å². The molecule has 0 spiro atoms. The molecule has 0 bridgehead atoms. The van der Waals surface area contributed by atoms with Crippen LogP contribution in [-0.4, -0.2) is 12.6 Å². The number of unbranched alkanes of at least 4 members (excludes halogenated alkanes) is 6. The summed E-state index contributed by atoms with van der Waals surface area (Å²) < 4.78 is 4.92. The van der Waals surface area contributed by atoms with Gasteiger partial charge in [0.25, 0.3) is 0 Å². The number of carbonyl (C=O) groups is 1. The molecule has 1 fully saturated rings. The van der Waals surface area contributed by atoms with Crippen molar-refractivity contribution in [3.05, 3.63) is 24.8 Å². The number of ether oxygens (including phenoxy) is 1. The molecule has 22 heavy (non-hydrogen) atoms. The Hall–Kier alpha value is -1.05. The first-order valence-electron chi connectivity index (χ1n) is 9.21. The average molecular weight is 306 g/mol. The van der Waals surface area contributed by atoms with Gasteiger partial charge in [0.1, 0.15) is 0 Å². The third-order valence-corrected chi connectivity index (χ3v) is 4.56. The van der Waals surface area contributed by atoms with Crippen molar-refractivity contribution in [2.45, 2.75) is 77.6 Å². The molecule has 2 atom stereocenters. The van der Waals surface area contributed by atoms with Crippen molar-refractivity contribution in [3.63, 3.8) is 0 Å². The Morgan fingerprint density at radius 2 is 1.77 bits per heavy atom. The molecule has 2 nitrogen and oxygen atoms in total. The summed E-state index contributed by atoms with van der Waals surface area (Å²) in [7, 11) is 0. The molecule has 0 saturated heterocycles. The smallest absolute Gasteiger partial charge is 0.305 e. The first-order chi connectivity index (χ1) is 10.8. The van der Waals surface area contributed by atoms with Crippen molar-refractivity contribution in [1.82, 2.24) is 0 Å². The zero-order valence-electron chi connectivity index (χ0n) is 14.4. The standard InChI is InChI=1S/C20H34O2/c1-3-18-15-16-19(17-18)13-11-9-7-5-6-8-10-12-14-20(21)22-4-2/h3,11,13,18-19H,1,4-10,12,14-17H2,2H3/b13-11-. The van der Waals surface area contributed by atoms with Gasteiger partial charge in [-0.2, -0.15) is 0 Å². The maximum absolute atomic E-state index is 11.2. The Bertz CT molecular complexity index is 333. The molecule has 0 amide bonds. The minimum absolute atomic E-state index is 0.0433. The molecule has 1 saturated carbocycles. The second-order valence-corrected chi connectivity index (χ2v) is 6.46. The number of hydrogen-bond acceptors (Lipinski definition) is 2. The summed E-state index contributed by atoms with van der Waals surface area (Å²) in [5, 5.41) is 0. The lowest BCUT2D eigenvalue weighted by Crippen LogP contribution is -2.03. The molecule has 0 heterocycles. The fourth-order valence-electron chi connectivity index (χ4n) is 3.20. The third kappa shape index (κ3) is 9.07. The van der Waals surface area contributed by atoms with Crippen molar-refractivity contribution < 1.29 is 9.53 Å². The van der Waals surface area contributed by atoms with Crippen LogP contribution in [0.3, 0.4) is 0 Å². The molecule has 0 aliphatic heterocycles. The highest BCUT2D eigenvalue weighted by atomic mass is 16.5. The van der Waals surface area contributed by atoms with Crippen molar-refractivity contribution >= 4 is 5.97 Å². The summed E-state index contributed by atoms with van der Waals surface area (Å²) in [5.41, 5.74) is 0. The van der Waals surface area contributed by atoms with Crippen LogP contribution in [0.25, 0.3) is 0 Å². The quantitative estimate of drug-likeness (QED) is 0.258. The number of allylic oxidation sites excluding steroid dienone is 3. The van der Waals surface area contributed by atoms with Gasteiger partial charge in [0, 0.05) is 6.42 Å². The van der Waals surface area contributed by atoms with E-state index in [0.29, 0.717) is 13.0 Å². The van der Waals surface area contributed by atoms with Gasteiger partial charge in [0.05, 0.1) is 6.61 Å². The van der Waals surface area contributed by atoms with E-state index in [2.05, 4.69) is 24.8 Å². The maximum atomic E-state index is 11.2. The first-order valence-corrected chi connectivity index (χ1v) is 9.21. The van der Waals surface area contributed by atoms with E-state index >= 15 is 0 Å². The van der Waals surface area contributed by atoms with Gasteiger partial charge in [-0.1, -0.05) is 43.9 Å². The Labute approximate surface area is 137 Å². The minimum atomic E-state index is -0.0433. The Morgan fingerprint density at radius 3 is 2.45 bits per heavy atom. The predicted molar refractivity (Wildman–Crippen MR) is 93.7 cm³/mol. The summed E-state index contributed by atoms with van der Waals surface area (Å²) in [6, 6.07) is 0. The van der Waals surface area contributed by atoms with Gasteiger partial charge in [-0.15, -0.1) is 6.58 Å². The minimum Gasteiger partial charge on any atom is -0.466 e. The van der Waals surface area contributed by atoms with E-state index in [0.717, 1.165) is 24.7 Å². The van der Waals surface area contributed by atoms with Crippen molar-refractivity contribution in [3.8, 4) is 0 Å². The van der Waals surface area contributed by atoms with Gasteiger partial charge in [0.15, 0.2) is 0 Å². The fourth-order valence-corrected chi connectivity index (χ4v) is 3.20. The molecule has 0 radical (unpaired) electrons. The zero-order valence-corrected chi connectivity index (χ0v) is 14.4. The first kappa shape index (κ1) is 19.0. The van der Waals surface area contributed by atoms with Gasteiger partial charge < -0.3 is 4.74 Å². The highest BCUT2D eigenvalue weighted by molar-refractivity contribution is 5.69. The summed E-state index contributed by atoms with van der Waals surface area (Å²) in [6.45, 7) is 6.26. The zero-order chi connectivity index (χ0) is 16.0. The number of hydrogen-bond donors (Lipinski definition) is 0. The van der Waals surface area contributed by atoms with Gasteiger partial charge in [-0.3, -0.25) is 4.79 Å². The van der Waals surface area contributed by atoms with Crippen molar-refractivity contribution in [2.75, 3.05) is 6.61 Å². The second kappa shape index (κ2) is 12.5. The predicted octanol–water partition coefficient (Wildman–Crippen LogP) is 5.83. The average Bonchev–Trinajstić information content (AvgIpc) is 2.97. The molecular weight excluding hydrogens is 272 g/mol. The molecule has 1 aliphatic carbocycles. The maximum Gasteiger partial charge on any atom is 0.305 e. The van der Waals surface area contributed by atoms with Crippen LogP contribution in [0.2, 0.25) is 0 Å².